The van der Waals surface area contributed by atoms with E-state index in [1.54, 1.807) is 0 Å². The fourth-order valence-corrected chi connectivity index (χ4v) is 3.87. The molecule has 1 fully saturated rings. The summed E-state index contributed by atoms with van der Waals surface area (Å²) in [6.45, 7) is 8.34. The highest BCUT2D eigenvalue weighted by Gasteiger charge is 2.51. The maximum absolute atomic E-state index is 6.23. The predicted molar refractivity (Wildman–Crippen MR) is 117 cm³/mol. The number of hydrogen-bond donors (Lipinski definition) is 1. The number of aromatic amines is 1. The van der Waals surface area contributed by atoms with Gasteiger partial charge in [-0.05, 0) is 62.5 Å². The Morgan fingerprint density at radius 2 is 1.36 bits per heavy atom. The molecule has 3 aromatic carbocycles. The summed E-state index contributed by atoms with van der Waals surface area (Å²) in [5, 5.41) is 2.50. The molecule has 28 heavy (non-hydrogen) atoms. The average molecular weight is 369 g/mol. The van der Waals surface area contributed by atoms with Crippen LogP contribution in [0.4, 0.5) is 0 Å². The van der Waals surface area contributed by atoms with E-state index in [9.17, 15) is 0 Å². The van der Waals surface area contributed by atoms with Gasteiger partial charge in [0.25, 0.3) is 0 Å². The van der Waals surface area contributed by atoms with Crippen molar-refractivity contribution in [2.45, 2.75) is 38.9 Å². The summed E-state index contributed by atoms with van der Waals surface area (Å²) in [5.74, 6) is 0. The van der Waals surface area contributed by atoms with Crippen LogP contribution >= 0.6 is 0 Å². The summed E-state index contributed by atoms with van der Waals surface area (Å²) in [6, 6.07) is 23.5. The molecular formula is C24H24BNO2. The van der Waals surface area contributed by atoms with Crippen molar-refractivity contribution in [1.82, 2.24) is 4.98 Å². The molecule has 4 aromatic rings. The Hall–Kier alpha value is -2.56. The number of nitrogens with one attached hydrogen (secondary N) is 1. The Morgan fingerprint density at radius 1 is 0.679 bits per heavy atom. The first-order valence-corrected chi connectivity index (χ1v) is 9.81. The van der Waals surface area contributed by atoms with Crippen molar-refractivity contribution in [2.24, 2.45) is 0 Å². The van der Waals surface area contributed by atoms with Gasteiger partial charge in [-0.1, -0.05) is 48.5 Å². The number of hydrogen-bond acceptors (Lipinski definition) is 2. The zero-order valence-electron chi connectivity index (χ0n) is 16.7. The molecule has 1 aliphatic heterocycles. The third kappa shape index (κ3) is 2.68. The number of benzene rings is 3. The molecule has 140 valence electrons. The fourth-order valence-electron chi connectivity index (χ4n) is 3.87. The maximum atomic E-state index is 6.23. The maximum Gasteiger partial charge on any atom is 0.494 e. The molecule has 1 aromatic heterocycles. The molecule has 0 amide bonds. The molecule has 5 rings (SSSR count). The van der Waals surface area contributed by atoms with Crippen LogP contribution in [0.1, 0.15) is 27.7 Å². The van der Waals surface area contributed by atoms with Gasteiger partial charge in [0.1, 0.15) is 0 Å². The lowest BCUT2D eigenvalue weighted by atomic mass is 9.78. The number of H-pyrrole nitrogens is 1. The van der Waals surface area contributed by atoms with Crippen LogP contribution in [0, 0.1) is 0 Å². The van der Waals surface area contributed by atoms with Crippen molar-refractivity contribution < 1.29 is 9.31 Å². The van der Waals surface area contributed by atoms with E-state index in [4.69, 9.17) is 9.31 Å². The van der Waals surface area contributed by atoms with E-state index in [2.05, 4.69) is 99.4 Å². The highest BCUT2D eigenvalue weighted by Crippen LogP contribution is 2.37. The highest BCUT2D eigenvalue weighted by atomic mass is 16.7. The van der Waals surface area contributed by atoms with Gasteiger partial charge in [-0.3, -0.25) is 0 Å². The average Bonchev–Trinajstić information content (AvgIpc) is 3.15. The van der Waals surface area contributed by atoms with Crippen molar-refractivity contribution in [1.29, 1.82) is 0 Å². The molecule has 0 unspecified atom stereocenters. The van der Waals surface area contributed by atoms with E-state index < -0.39 is 0 Å². The molecule has 2 heterocycles. The zero-order valence-corrected chi connectivity index (χ0v) is 16.7. The van der Waals surface area contributed by atoms with Crippen molar-refractivity contribution in [3.05, 3.63) is 66.7 Å². The summed E-state index contributed by atoms with van der Waals surface area (Å²) in [4.78, 5) is 3.49. The van der Waals surface area contributed by atoms with E-state index in [1.807, 2.05) is 0 Å². The van der Waals surface area contributed by atoms with Gasteiger partial charge >= 0.3 is 7.12 Å². The molecule has 0 saturated carbocycles. The van der Waals surface area contributed by atoms with E-state index in [0.29, 0.717) is 0 Å². The van der Waals surface area contributed by atoms with Crippen molar-refractivity contribution in [2.75, 3.05) is 0 Å². The summed E-state index contributed by atoms with van der Waals surface area (Å²) < 4.78 is 12.5. The minimum absolute atomic E-state index is 0.337. The van der Waals surface area contributed by atoms with E-state index in [-0.39, 0.29) is 18.3 Å². The van der Waals surface area contributed by atoms with Crippen LogP contribution in [0.25, 0.3) is 32.9 Å². The van der Waals surface area contributed by atoms with Crippen LogP contribution in [0.5, 0.6) is 0 Å². The van der Waals surface area contributed by atoms with Crippen molar-refractivity contribution >= 4 is 34.4 Å². The number of para-hydroxylation sites is 1. The van der Waals surface area contributed by atoms with Gasteiger partial charge in [0.05, 0.1) is 11.2 Å². The van der Waals surface area contributed by atoms with Crippen LogP contribution in [0.15, 0.2) is 66.7 Å². The lowest BCUT2D eigenvalue weighted by Crippen LogP contribution is -2.41. The second-order valence-electron chi connectivity index (χ2n) is 8.64. The minimum atomic E-state index is -0.346. The fraction of sp³-hybridized carbons (Fsp3) is 0.250. The largest absolute Gasteiger partial charge is 0.494 e. The second kappa shape index (κ2) is 5.97. The van der Waals surface area contributed by atoms with E-state index >= 15 is 0 Å². The van der Waals surface area contributed by atoms with Crippen LogP contribution in [-0.4, -0.2) is 23.3 Å². The zero-order chi connectivity index (χ0) is 19.5. The normalized spacial score (nSPS) is 18.2. The molecule has 0 spiro atoms. The lowest BCUT2D eigenvalue weighted by Gasteiger charge is -2.32. The third-order valence-corrected chi connectivity index (χ3v) is 6.25. The predicted octanol–water partition coefficient (Wildman–Crippen LogP) is 5.29. The summed E-state index contributed by atoms with van der Waals surface area (Å²) in [7, 11) is -0.346. The van der Waals surface area contributed by atoms with Gasteiger partial charge in [-0.25, -0.2) is 0 Å². The highest BCUT2D eigenvalue weighted by molar-refractivity contribution is 6.62. The van der Waals surface area contributed by atoms with Crippen LogP contribution in [0.2, 0.25) is 0 Å². The Morgan fingerprint density at radius 3 is 2.14 bits per heavy atom. The van der Waals surface area contributed by atoms with Gasteiger partial charge in [0.15, 0.2) is 0 Å². The van der Waals surface area contributed by atoms with Crippen LogP contribution < -0.4 is 5.46 Å². The SMILES string of the molecule is CC1(C)OB(c2cccc(-c3ccc4[nH]c5ccccc5c4c3)c2)OC1(C)C. The summed E-state index contributed by atoms with van der Waals surface area (Å²) in [5.41, 5.74) is 5.06. The van der Waals surface area contributed by atoms with Gasteiger partial charge in [-0.2, -0.15) is 0 Å². The summed E-state index contributed by atoms with van der Waals surface area (Å²) >= 11 is 0. The summed E-state index contributed by atoms with van der Waals surface area (Å²) in [6.07, 6.45) is 0. The monoisotopic (exact) mass is 369 g/mol. The smallest absolute Gasteiger partial charge is 0.399 e. The van der Waals surface area contributed by atoms with Gasteiger partial charge in [0.2, 0.25) is 0 Å². The molecular weight excluding hydrogens is 345 g/mol. The molecule has 4 heteroatoms. The van der Waals surface area contributed by atoms with Gasteiger partial charge < -0.3 is 14.3 Å². The number of fused-ring (bicyclic) bond motifs is 3. The first-order chi connectivity index (χ1) is 13.3. The van der Waals surface area contributed by atoms with Gasteiger partial charge in [-0.15, -0.1) is 0 Å². The first kappa shape index (κ1) is 17.5. The van der Waals surface area contributed by atoms with Crippen LogP contribution in [0.3, 0.4) is 0 Å². The van der Waals surface area contributed by atoms with Crippen molar-refractivity contribution in [3.8, 4) is 11.1 Å². The quantitative estimate of drug-likeness (QED) is 0.488. The second-order valence-corrected chi connectivity index (χ2v) is 8.64. The molecule has 0 atom stereocenters. The Kier molecular flexibility index (Phi) is 3.74. The first-order valence-electron chi connectivity index (χ1n) is 9.81. The van der Waals surface area contributed by atoms with Crippen molar-refractivity contribution in [3.63, 3.8) is 0 Å². The standard InChI is InChI=1S/C24H24BNO2/c1-23(2)24(3,4)28-25(27-23)18-9-7-8-16(14-18)17-12-13-22-20(15-17)19-10-5-6-11-21(19)26-22/h5-15,26H,1-4H3. The Labute approximate surface area is 165 Å². The Bertz CT molecular complexity index is 1180. The number of aromatic nitrogens is 1. The molecule has 1 aliphatic rings. The number of rotatable bonds is 2. The molecule has 0 radical (unpaired) electrons. The third-order valence-electron chi connectivity index (χ3n) is 6.25. The molecule has 3 nitrogen and oxygen atoms in total. The lowest BCUT2D eigenvalue weighted by molar-refractivity contribution is 0.00578. The van der Waals surface area contributed by atoms with E-state index in [0.717, 1.165) is 11.0 Å². The Balaban J connectivity index is 1.56. The topological polar surface area (TPSA) is 34.2 Å². The minimum Gasteiger partial charge on any atom is -0.399 e. The van der Waals surface area contributed by atoms with E-state index in [1.165, 1.54) is 27.4 Å². The van der Waals surface area contributed by atoms with Crippen LogP contribution in [-0.2, 0) is 9.31 Å². The molecule has 1 saturated heterocycles. The van der Waals surface area contributed by atoms with Gasteiger partial charge in [0, 0.05) is 21.8 Å². The molecule has 0 aliphatic carbocycles. The molecule has 1 N–H and O–H groups in total. The molecule has 0 bridgehead atoms.